The van der Waals surface area contributed by atoms with Gasteiger partial charge in [0.1, 0.15) is 0 Å². The van der Waals surface area contributed by atoms with Crippen LogP contribution < -0.4 is 5.32 Å². The molecule has 1 fully saturated rings. The number of nitrogens with zero attached hydrogens (tertiary/aromatic N) is 1. The highest BCUT2D eigenvalue weighted by Gasteiger charge is 2.29. The van der Waals surface area contributed by atoms with Crippen LogP contribution in [0.1, 0.15) is 23.2 Å². The van der Waals surface area contributed by atoms with Gasteiger partial charge >= 0.3 is 5.97 Å². The summed E-state index contributed by atoms with van der Waals surface area (Å²) in [6.07, 6.45) is 1.81. The normalized spacial score (nSPS) is 19.5. The number of hydrogen-bond donors (Lipinski definition) is 1. The number of methoxy groups -OCH3 is 1. The molecule has 1 aliphatic rings. The maximum atomic E-state index is 12.6. The lowest BCUT2D eigenvalue weighted by Crippen LogP contribution is -2.46. The number of ether oxygens (including phenoxy) is 1. The van der Waals surface area contributed by atoms with E-state index in [2.05, 4.69) is 10.1 Å². The molecule has 0 bridgehead atoms. The average molecular weight is 312 g/mol. The number of likely N-dealkylation sites (N-methyl/N-ethyl adjacent to an activating group) is 1. The summed E-state index contributed by atoms with van der Waals surface area (Å²) in [5, 5.41) is 3.20. The second-order valence-corrected chi connectivity index (χ2v) is 7.03. The van der Waals surface area contributed by atoms with Crippen molar-refractivity contribution in [3.05, 3.63) is 29.8 Å². The van der Waals surface area contributed by atoms with Crippen LogP contribution in [0.3, 0.4) is 0 Å². The van der Waals surface area contributed by atoms with Gasteiger partial charge in [0.05, 0.1) is 17.6 Å². The molecule has 0 aliphatic carbocycles. The summed E-state index contributed by atoms with van der Waals surface area (Å²) >= 11 is 0. The highest BCUT2D eigenvalue weighted by molar-refractivity contribution is 7.89. The van der Waals surface area contributed by atoms with Gasteiger partial charge in [-0.2, -0.15) is 4.31 Å². The van der Waals surface area contributed by atoms with Crippen LogP contribution in [0.5, 0.6) is 0 Å². The number of sulfonamides is 1. The molecule has 1 aliphatic heterocycles. The zero-order valence-corrected chi connectivity index (χ0v) is 13.0. The highest BCUT2D eigenvalue weighted by atomic mass is 32.2. The Morgan fingerprint density at radius 1 is 1.33 bits per heavy atom. The van der Waals surface area contributed by atoms with Gasteiger partial charge in [-0.15, -0.1) is 0 Å². The molecule has 1 aromatic rings. The number of nitrogens with one attached hydrogen (secondary N) is 1. The van der Waals surface area contributed by atoms with E-state index in [1.807, 2.05) is 0 Å². The second-order valence-electron chi connectivity index (χ2n) is 5.04. The van der Waals surface area contributed by atoms with Gasteiger partial charge in [0, 0.05) is 19.6 Å². The van der Waals surface area contributed by atoms with Crippen molar-refractivity contribution in [3.8, 4) is 0 Å². The number of carbonyl (C=O) groups is 1. The molecule has 0 radical (unpaired) electrons. The zero-order valence-electron chi connectivity index (χ0n) is 12.2. The lowest BCUT2D eigenvalue weighted by atomic mass is 10.1. The van der Waals surface area contributed by atoms with E-state index in [1.54, 1.807) is 7.05 Å². The molecule has 0 saturated carbocycles. The maximum absolute atomic E-state index is 12.6. The van der Waals surface area contributed by atoms with Crippen molar-refractivity contribution in [1.82, 2.24) is 9.62 Å². The number of benzene rings is 1. The van der Waals surface area contributed by atoms with Crippen LogP contribution in [-0.4, -0.2) is 52.0 Å². The molecule has 1 heterocycles. The van der Waals surface area contributed by atoms with Crippen LogP contribution in [0.2, 0.25) is 0 Å². The smallest absolute Gasteiger partial charge is 0.337 e. The van der Waals surface area contributed by atoms with Crippen LogP contribution >= 0.6 is 0 Å². The van der Waals surface area contributed by atoms with Crippen LogP contribution in [0, 0.1) is 0 Å². The third-order valence-electron chi connectivity index (χ3n) is 3.74. The third-order valence-corrected chi connectivity index (χ3v) is 5.66. The molecule has 6 nitrogen and oxygen atoms in total. The summed E-state index contributed by atoms with van der Waals surface area (Å²) in [6.45, 7) is 1.59. The zero-order chi connectivity index (χ0) is 15.5. The Bertz CT molecular complexity index is 592. The molecule has 1 aromatic carbocycles. The lowest BCUT2D eigenvalue weighted by molar-refractivity contribution is 0.0600. The Morgan fingerprint density at radius 3 is 2.52 bits per heavy atom. The van der Waals surface area contributed by atoms with Crippen LogP contribution in [0.15, 0.2) is 29.2 Å². The molecule has 1 saturated heterocycles. The van der Waals surface area contributed by atoms with E-state index in [0.29, 0.717) is 12.1 Å². The Kier molecular flexibility index (Phi) is 4.97. The van der Waals surface area contributed by atoms with Crippen molar-refractivity contribution in [1.29, 1.82) is 0 Å². The van der Waals surface area contributed by atoms with Crippen LogP contribution in [0.25, 0.3) is 0 Å². The van der Waals surface area contributed by atoms with E-state index in [-0.39, 0.29) is 10.9 Å². The Hall–Kier alpha value is -1.44. The number of hydrogen-bond acceptors (Lipinski definition) is 5. The summed E-state index contributed by atoms with van der Waals surface area (Å²) in [5.74, 6) is -0.483. The largest absolute Gasteiger partial charge is 0.465 e. The molecular weight excluding hydrogens is 292 g/mol. The topological polar surface area (TPSA) is 75.7 Å². The molecule has 0 amide bonds. The van der Waals surface area contributed by atoms with Crippen molar-refractivity contribution >= 4 is 16.0 Å². The summed E-state index contributed by atoms with van der Waals surface area (Å²) in [6, 6.07) is 5.77. The molecule has 0 aromatic heterocycles. The molecule has 21 heavy (non-hydrogen) atoms. The molecule has 1 atom stereocenters. The van der Waals surface area contributed by atoms with Crippen molar-refractivity contribution in [2.45, 2.75) is 23.8 Å². The fraction of sp³-hybridized carbons (Fsp3) is 0.500. The minimum atomic E-state index is -3.55. The lowest BCUT2D eigenvalue weighted by Gasteiger charge is -2.30. The van der Waals surface area contributed by atoms with E-state index >= 15 is 0 Å². The SMILES string of the molecule is COC(=O)c1ccc(S(=O)(=O)N(C)C2CCCNC2)cc1. The average Bonchev–Trinajstić information content (AvgIpc) is 2.54. The van der Waals surface area contributed by atoms with Gasteiger partial charge in [-0.3, -0.25) is 0 Å². The molecule has 116 valence electrons. The summed E-state index contributed by atoms with van der Waals surface area (Å²) < 4.78 is 31.1. The van der Waals surface area contributed by atoms with Crippen molar-refractivity contribution in [2.24, 2.45) is 0 Å². The number of rotatable bonds is 4. The Balaban J connectivity index is 2.20. The standard InChI is InChI=1S/C14H20N2O4S/c1-16(12-4-3-9-15-10-12)21(18,19)13-7-5-11(6-8-13)14(17)20-2/h5-8,12,15H,3-4,9-10H2,1-2H3. The first kappa shape index (κ1) is 15.9. The van der Waals surface area contributed by atoms with Crippen molar-refractivity contribution in [3.63, 3.8) is 0 Å². The van der Waals surface area contributed by atoms with E-state index in [1.165, 1.54) is 35.7 Å². The Morgan fingerprint density at radius 2 is 2.00 bits per heavy atom. The van der Waals surface area contributed by atoms with Gasteiger partial charge in [0.25, 0.3) is 0 Å². The van der Waals surface area contributed by atoms with E-state index < -0.39 is 16.0 Å². The number of piperidine rings is 1. The van der Waals surface area contributed by atoms with Gasteiger partial charge in [0.15, 0.2) is 0 Å². The van der Waals surface area contributed by atoms with Gasteiger partial charge in [0.2, 0.25) is 10.0 Å². The van der Waals surface area contributed by atoms with Crippen molar-refractivity contribution in [2.75, 3.05) is 27.2 Å². The predicted molar refractivity (Wildman–Crippen MR) is 78.6 cm³/mol. The van der Waals surface area contributed by atoms with Gasteiger partial charge in [-0.1, -0.05) is 0 Å². The van der Waals surface area contributed by atoms with Crippen LogP contribution in [0.4, 0.5) is 0 Å². The van der Waals surface area contributed by atoms with E-state index in [0.717, 1.165) is 19.4 Å². The summed E-state index contributed by atoms with van der Waals surface area (Å²) in [5.41, 5.74) is 0.332. The monoisotopic (exact) mass is 312 g/mol. The van der Waals surface area contributed by atoms with E-state index in [4.69, 9.17) is 0 Å². The quantitative estimate of drug-likeness (QED) is 0.834. The Labute approximate surface area is 125 Å². The highest BCUT2D eigenvalue weighted by Crippen LogP contribution is 2.20. The first-order valence-electron chi connectivity index (χ1n) is 6.84. The second kappa shape index (κ2) is 6.55. The molecule has 7 heteroatoms. The molecule has 2 rings (SSSR count). The summed E-state index contributed by atoms with van der Waals surface area (Å²) in [4.78, 5) is 11.5. The number of esters is 1. The number of carbonyl (C=O) groups excluding carboxylic acids is 1. The minimum absolute atomic E-state index is 0.0379. The fourth-order valence-electron chi connectivity index (χ4n) is 2.39. The van der Waals surface area contributed by atoms with E-state index in [9.17, 15) is 13.2 Å². The predicted octanol–water partition coefficient (Wildman–Crippen LogP) is 0.846. The first-order chi connectivity index (χ1) is 9.96. The van der Waals surface area contributed by atoms with Gasteiger partial charge in [-0.05, 0) is 43.7 Å². The van der Waals surface area contributed by atoms with Gasteiger partial charge < -0.3 is 10.1 Å². The first-order valence-corrected chi connectivity index (χ1v) is 8.28. The molecule has 0 spiro atoms. The molecular formula is C14H20N2O4S. The van der Waals surface area contributed by atoms with Crippen LogP contribution in [-0.2, 0) is 14.8 Å². The fourth-order valence-corrected chi connectivity index (χ4v) is 3.77. The third kappa shape index (κ3) is 3.42. The minimum Gasteiger partial charge on any atom is -0.465 e. The van der Waals surface area contributed by atoms with Gasteiger partial charge in [-0.25, -0.2) is 13.2 Å². The molecule has 1 unspecified atom stereocenters. The molecule has 1 N–H and O–H groups in total. The van der Waals surface area contributed by atoms with Crippen molar-refractivity contribution < 1.29 is 17.9 Å². The summed E-state index contributed by atoms with van der Waals surface area (Å²) in [7, 11) is -0.660. The maximum Gasteiger partial charge on any atom is 0.337 e.